The van der Waals surface area contributed by atoms with Crippen molar-refractivity contribution in [3.63, 3.8) is 0 Å². The summed E-state index contributed by atoms with van der Waals surface area (Å²) in [4.78, 5) is 0. The fourth-order valence-electron chi connectivity index (χ4n) is 1.59. The second kappa shape index (κ2) is 6.08. The minimum atomic E-state index is 0. The van der Waals surface area contributed by atoms with Crippen LogP contribution in [0.25, 0.3) is 0 Å². The van der Waals surface area contributed by atoms with Crippen molar-refractivity contribution in [3.8, 4) is 11.5 Å². The minimum absolute atomic E-state index is 0. The fraction of sp³-hybridized carbons (Fsp3) is 0.0714. The van der Waals surface area contributed by atoms with Crippen LogP contribution in [0.3, 0.4) is 0 Å². The van der Waals surface area contributed by atoms with Gasteiger partial charge in [-0.15, -0.1) is 41.3 Å². The number of rotatable bonds is 2. The Labute approximate surface area is 126 Å². The van der Waals surface area contributed by atoms with Crippen molar-refractivity contribution in [2.45, 2.75) is 6.92 Å². The zero-order valence-electron chi connectivity index (χ0n) is 9.59. The Morgan fingerprint density at radius 1 is 0.706 bits per heavy atom. The Morgan fingerprint density at radius 3 is 1.29 bits per heavy atom. The molecule has 0 aliphatic heterocycles. The van der Waals surface area contributed by atoms with Gasteiger partial charge in [0.15, 0.2) is 0 Å². The van der Waals surface area contributed by atoms with E-state index >= 15 is 0 Å². The van der Waals surface area contributed by atoms with Crippen LogP contribution in [0.2, 0.25) is 0 Å². The molecule has 0 amide bonds. The van der Waals surface area contributed by atoms with Crippen molar-refractivity contribution in [3.05, 3.63) is 65.6 Å². The van der Waals surface area contributed by atoms with Crippen molar-refractivity contribution in [1.82, 2.24) is 0 Å². The Morgan fingerprint density at radius 2 is 1.00 bits per heavy atom. The molecule has 17 heavy (non-hydrogen) atoms. The zero-order valence-corrected chi connectivity index (χ0v) is 12.4. The standard InChI is InChI=1S/C14H13O2.Y/c1-10(11-2-6-13(15)7-3-11)12-4-8-14(16)9-5-12;/h2-9,15-16H,1H3;/q-1;. The summed E-state index contributed by atoms with van der Waals surface area (Å²) in [5.74, 6) is 1.64. The van der Waals surface area contributed by atoms with Gasteiger partial charge in [0.25, 0.3) is 0 Å². The van der Waals surface area contributed by atoms with Crippen molar-refractivity contribution in [2.75, 3.05) is 0 Å². The summed E-state index contributed by atoms with van der Waals surface area (Å²) in [6.45, 7) is 2.01. The normalized spacial score (nSPS) is 9.47. The Balaban J connectivity index is 0.00000144. The third-order valence-corrected chi connectivity index (χ3v) is 2.60. The van der Waals surface area contributed by atoms with Crippen molar-refractivity contribution >= 4 is 0 Å². The number of hydrogen-bond donors (Lipinski definition) is 2. The van der Waals surface area contributed by atoms with E-state index in [0.29, 0.717) is 0 Å². The average molecular weight is 302 g/mol. The van der Waals surface area contributed by atoms with Crippen molar-refractivity contribution in [2.24, 2.45) is 0 Å². The largest absolute Gasteiger partial charge is 0.509 e. The number of phenols is 2. The molecule has 1 radical (unpaired) electrons. The topological polar surface area (TPSA) is 40.5 Å². The van der Waals surface area contributed by atoms with E-state index < -0.39 is 0 Å². The van der Waals surface area contributed by atoms with Crippen LogP contribution in [0.15, 0.2) is 48.5 Å². The van der Waals surface area contributed by atoms with Gasteiger partial charge < -0.3 is 10.2 Å². The van der Waals surface area contributed by atoms with E-state index in [1.807, 2.05) is 31.2 Å². The summed E-state index contributed by atoms with van der Waals surface area (Å²) in [6, 6.07) is 14.2. The van der Waals surface area contributed by atoms with Gasteiger partial charge in [-0.2, -0.15) is 0 Å². The number of hydrogen-bond acceptors (Lipinski definition) is 2. The van der Waals surface area contributed by atoms with E-state index in [2.05, 4.69) is 0 Å². The smallest absolute Gasteiger partial charge is 0.100 e. The number of aromatic hydroxyl groups is 2. The van der Waals surface area contributed by atoms with Gasteiger partial charge in [0.2, 0.25) is 0 Å². The molecule has 0 atom stereocenters. The maximum absolute atomic E-state index is 9.20. The van der Waals surface area contributed by atoms with Crippen LogP contribution in [-0.4, -0.2) is 10.2 Å². The molecule has 2 N–H and O–H groups in total. The first-order chi connectivity index (χ1) is 7.66. The van der Waals surface area contributed by atoms with Gasteiger partial charge in [0, 0.05) is 32.7 Å². The molecule has 0 bridgehead atoms. The van der Waals surface area contributed by atoms with Gasteiger partial charge in [-0.1, -0.05) is 31.2 Å². The van der Waals surface area contributed by atoms with Crippen LogP contribution < -0.4 is 0 Å². The maximum Gasteiger partial charge on any atom is 0.100 e. The molecule has 2 aromatic carbocycles. The van der Waals surface area contributed by atoms with Crippen LogP contribution in [0.5, 0.6) is 11.5 Å². The average Bonchev–Trinajstić information content (AvgIpc) is 2.30. The quantitative estimate of drug-likeness (QED) is 0.837. The molecular weight excluding hydrogens is 289 g/mol. The van der Waals surface area contributed by atoms with Gasteiger partial charge in [0.1, 0.15) is 11.5 Å². The molecule has 0 aromatic heterocycles. The van der Waals surface area contributed by atoms with E-state index in [-0.39, 0.29) is 44.2 Å². The summed E-state index contributed by atoms with van der Waals surface area (Å²) in [5.41, 5.74) is 2.12. The van der Waals surface area contributed by atoms with Gasteiger partial charge in [0.05, 0.1) is 0 Å². The van der Waals surface area contributed by atoms with E-state index in [1.54, 1.807) is 24.3 Å². The molecule has 0 heterocycles. The molecule has 3 heteroatoms. The summed E-state index contributed by atoms with van der Waals surface area (Å²) in [7, 11) is 0. The molecule has 0 spiro atoms. The van der Waals surface area contributed by atoms with Crippen LogP contribution in [0.4, 0.5) is 0 Å². The van der Waals surface area contributed by atoms with E-state index in [4.69, 9.17) is 0 Å². The van der Waals surface area contributed by atoms with Crippen LogP contribution >= 0.6 is 0 Å². The van der Waals surface area contributed by atoms with Crippen molar-refractivity contribution < 1.29 is 42.9 Å². The molecule has 2 nitrogen and oxygen atoms in total. The minimum Gasteiger partial charge on any atom is -0.509 e. The monoisotopic (exact) mass is 302 g/mol. The van der Waals surface area contributed by atoms with Gasteiger partial charge in [-0.3, -0.25) is 0 Å². The molecular formula is C14H13O2Y-. The fourth-order valence-corrected chi connectivity index (χ4v) is 1.59. The molecule has 0 unspecified atom stereocenters. The van der Waals surface area contributed by atoms with Crippen LogP contribution in [0, 0.1) is 5.92 Å². The van der Waals surface area contributed by atoms with Gasteiger partial charge >= 0.3 is 0 Å². The third kappa shape index (κ3) is 3.48. The predicted octanol–water partition coefficient (Wildman–Crippen LogP) is 3.09. The van der Waals surface area contributed by atoms with Gasteiger partial charge in [-0.25, -0.2) is 0 Å². The number of benzene rings is 2. The molecule has 0 aliphatic carbocycles. The molecule has 0 saturated heterocycles. The molecule has 0 aliphatic rings. The maximum atomic E-state index is 9.20. The molecule has 2 aromatic rings. The second-order valence-corrected chi connectivity index (χ2v) is 3.72. The van der Waals surface area contributed by atoms with Crippen LogP contribution in [-0.2, 0) is 32.7 Å². The summed E-state index contributed by atoms with van der Waals surface area (Å²) in [6.07, 6.45) is 0. The van der Waals surface area contributed by atoms with Gasteiger partial charge in [-0.05, 0) is 0 Å². The first kappa shape index (κ1) is 14.1. The van der Waals surface area contributed by atoms with Crippen molar-refractivity contribution in [1.29, 1.82) is 0 Å². The van der Waals surface area contributed by atoms with E-state index in [0.717, 1.165) is 17.0 Å². The third-order valence-electron chi connectivity index (χ3n) is 2.60. The summed E-state index contributed by atoms with van der Waals surface area (Å²) >= 11 is 0. The SMILES string of the molecule is C[C-](c1ccc(O)cc1)c1ccc(O)cc1.[Y]. The Kier molecular flexibility index (Phi) is 5.04. The Bertz CT molecular complexity index is 417. The molecule has 0 saturated carbocycles. The Hall–Kier alpha value is -0.986. The molecule has 2 rings (SSSR count). The summed E-state index contributed by atoms with van der Waals surface area (Å²) < 4.78 is 0. The first-order valence-corrected chi connectivity index (χ1v) is 5.09. The molecule has 85 valence electrons. The number of phenolic OH excluding ortho intramolecular Hbond substituents is 2. The van der Waals surface area contributed by atoms with E-state index in [1.165, 1.54) is 0 Å². The molecule has 0 fully saturated rings. The van der Waals surface area contributed by atoms with E-state index in [9.17, 15) is 10.2 Å². The second-order valence-electron chi connectivity index (χ2n) is 3.72. The zero-order chi connectivity index (χ0) is 11.5. The first-order valence-electron chi connectivity index (χ1n) is 5.09. The van der Waals surface area contributed by atoms with Crippen LogP contribution in [0.1, 0.15) is 18.1 Å². The summed E-state index contributed by atoms with van der Waals surface area (Å²) in [5, 5.41) is 18.4. The predicted molar refractivity (Wildman–Crippen MR) is 63.3 cm³/mol.